The molecule has 0 amide bonds. The van der Waals surface area contributed by atoms with Crippen molar-refractivity contribution in [1.29, 1.82) is 0 Å². The second-order valence-corrected chi connectivity index (χ2v) is 6.36. The van der Waals surface area contributed by atoms with Crippen LogP contribution in [0.4, 0.5) is 0 Å². The average Bonchev–Trinajstić information content (AvgIpc) is 3.00. The topological polar surface area (TPSA) is 27.1 Å². The first kappa shape index (κ1) is 15.7. The first-order valence-corrected chi connectivity index (χ1v) is 8.51. The van der Waals surface area contributed by atoms with E-state index >= 15 is 0 Å². The summed E-state index contributed by atoms with van der Waals surface area (Å²) >= 11 is 6.25. The van der Waals surface area contributed by atoms with Gasteiger partial charge in [-0.3, -0.25) is 0 Å². The van der Waals surface area contributed by atoms with Gasteiger partial charge >= 0.3 is 0 Å². The molecule has 0 saturated carbocycles. The van der Waals surface area contributed by atoms with Crippen LogP contribution in [0.2, 0.25) is 5.02 Å². The SMILES string of the molecule is Cc1ccc(-c2nc3ccccc3n2OCc2ccccc2Cl)cc1. The molecule has 1 aromatic heterocycles. The van der Waals surface area contributed by atoms with Gasteiger partial charge in [0.05, 0.1) is 5.52 Å². The van der Waals surface area contributed by atoms with E-state index in [-0.39, 0.29) is 0 Å². The van der Waals surface area contributed by atoms with Gasteiger partial charge in [-0.05, 0) is 25.1 Å². The molecular weight excluding hydrogens is 332 g/mol. The third-order valence-corrected chi connectivity index (χ3v) is 4.50. The summed E-state index contributed by atoms with van der Waals surface area (Å²) in [6, 6.07) is 23.9. The van der Waals surface area contributed by atoms with E-state index in [1.54, 1.807) is 4.73 Å². The molecule has 124 valence electrons. The predicted octanol–water partition coefficient (Wildman–Crippen LogP) is 5.29. The number of rotatable bonds is 4. The summed E-state index contributed by atoms with van der Waals surface area (Å²) in [5.41, 5.74) is 5.00. The Morgan fingerprint density at radius 1 is 0.920 bits per heavy atom. The minimum Gasteiger partial charge on any atom is -0.407 e. The fraction of sp³-hybridized carbons (Fsp3) is 0.0952. The minimum absolute atomic E-state index is 0.374. The van der Waals surface area contributed by atoms with Crippen molar-refractivity contribution < 1.29 is 4.84 Å². The summed E-state index contributed by atoms with van der Waals surface area (Å²) in [6.07, 6.45) is 0. The van der Waals surface area contributed by atoms with Crippen LogP contribution < -0.4 is 4.84 Å². The fourth-order valence-electron chi connectivity index (χ4n) is 2.77. The maximum absolute atomic E-state index is 6.25. The van der Waals surface area contributed by atoms with E-state index in [1.165, 1.54) is 5.56 Å². The highest BCUT2D eigenvalue weighted by Gasteiger charge is 2.14. The Kier molecular flexibility index (Phi) is 4.16. The van der Waals surface area contributed by atoms with Crippen molar-refractivity contribution >= 4 is 22.6 Å². The number of aromatic nitrogens is 2. The Morgan fingerprint density at radius 3 is 2.44 bits per heavy atom. The Balaban J connectivity index is 1.77. The van der Waals surface area contributed by atoms with E-state index in [4.69, 9.17) is 21.4 Å². The molecule has 25 heavy (non-hydrogen) atoms. The van der Waals surface area contributed by atoms with Crippen LogP contribution in [0.1, 0.15) is 11.1 Å². The van der Waals surface area contributed by atoms with Gasteiger partial charge < -0.3 is 4.84 Å². The van der Waals surface area contributed by atoms with Crippen molar-refractivity contribution in [2.24, 2.45) is 0 Å². The maximum Gasteiger partial charge on any atom is 0.176 e. The summed E-state index contributed by atoms with van der Waals surface area (Å²) in [4.78, 5) is 10.9. The Morgan fingerprint density at radius 2 is 1.64 bits per heavy atom. The zero-order valence-corrected chi connectivity index (χ0v) is 14.6. The van der Waals surface area contributed by atoms with Gasteiger partial charge in [0.15, 0.2) is 5.82 Å². The number of aryl methyl sites for hydroxylation is 1. The summed E-state index contributed by atoms with van der Waals surface area (Å²) in [6.45, 7) is 2.44. The van der Waals surface area contributed by atoms with Gasteiger partial charge in [0.25, 0.3) is 0 Å². The van der Waals surface area contributed by atoms with Crippen molar-refractivity contribution in [3.05, 3.63) is 88.9 Å². The molecule has 3 aromatic carbocycles. The molecular formula is C21H17ClN2O. The average molecular weight is 349 g/mol. The zero-order valence-electron chi connectivity index (χ0n) is 13.8. The Bertz CT molecular complexity index is 1020. The lowest BCUT2D eigenvalue weighted by atomic mass is 10.1. The first-order valence-electron chi connectivity index (χ1n) is 8.13. The summed E-state index contributed by atoms with van der Waals surface area (Å²) in [5.74, 6) is 0.785. The Hall–Kier alpha value is -2.78. The van der Waals surface area contributed by atoms with Gasteiger partial charge in [-0.15, -0.1) is 0 Å². The van der Waals surface area contributed by atoms with E-state index in [9.17, 15) is 0 Å². The normalized spacial score (nSPS) is 11.0. The molecule has 4 rings (SSSR count). The van der Waals surface area contributed by atoms with E-state index in [0.29, 0.717) is 11.6 Å². The molecule has 0 bridgehead atoms. The number of fused-ring (bicyclic) bond motifs is 1. The van der Waals surface area contributed by atoms with Crippen LogP contribution in [0.25, 0.3) is 22.4 Å². The molecule has 0 spiro atoms. The zero-order chi connectivity index (χ0) is 17.2. The van der Waals surface area contributed by atoms with Crippen LogP contribution in [0.15, 0.2) is 72.8 Å². The largest absolute Gasteiger partial charge is 0.407 e. The Labute approximate surface area is 151 Å². The number of nitrogens with zero attached hydrogens (tertiary/aromatic N) is 2. The predicted molar refractivity (Wildman–Crippen MR) is 102 cm³/mol. The molecule has 1 heterocycles. The second kappa shape index (κ2) is 6.61. The molecule has 0 unspecified atom stereocenters. The quantitative estimate of drug-likeness (QED) is 0.500. The molecule has 0 aliphatic rings. The third-order valence-electron chi connectivity index (χ3n) is 4.14. The molecule has 0 aliphatic heterocycles. The standard InChI is InChI=1S/C21H17ClN2O/c1-15-10-12-16(13-11-15)21-23-19-8-4-5-9-20(19)24(21)25-14-17-6-2-3-7-18(17)22/h2-13H,14H2,1H3. The number of benzene rings is 3. The molecule has 0 aliphatic carbocycles. The number of hydrogen-bond acceptors (Lipinski definition) is 2. The van der Waals surface area contributed by atoms with Crippen LogP contribution in [0, 0.1) is 6.92 Å². The first-order chi connectivity index (χ1) is 12.2. The highest BCUT2D eigenvalue weighted by atomic mass is 35.5. The van der Waals surface area contributed by atoms with Crippen molar-refractivity contribution in [2.75, 3.05) is 0 Å². The summed E-state index contributed by atoms with van der Waals surface area (Å²) in [5, 5.41) is 0.698. The fourth-order valence-corrected chi connectivity index (χ4v) is 2.96. The molecule has 0 radical (unpaired) electrons. The lowest BCUT2D eigenvalue weighted by Crippen LogP contribution is -2.12. The minimum atomic E-state index is 0.374. The highest BCUT2D eigenvalue weighted by Crippen LogP contribution is 2.25. The molecule has 0 atom stereocenters. The maximum atomic E-state index is 6.25. The summed E-state index contributed by atoms with van der Waals surface area (Å²) < 4.78 is 1.79. The van der Waals surface area contributed by atoms with Gasteiger partial charge in [0.2, 0.25) is 0 Å². The third kappa shape index (κ3) is 3.11. The smallest absolute Gasteiger partial charge is 0.176 e. The second-order valence-electron chi connectivity index (χ2n) is 5.95. The number of para-hydroxylation sites is 2. The molecule has 0 fully saturated rings. The molecule has 4 heteroatoms. The van der Waals surface area contributed by atoms with E-state index < -0.39 is 0 Å². The van der Waals surface area contributed by atoms with Crippen LogP contribution in [0.3, 0.4) is 0 Å². The van der Waals surface area contributed by atoms with Crippen LogP contribution >= 0.6 is 11.6 Å². The lowest BCUT2D eigenvalue weighted by Gasteiger charge is -2.12. The van der Waals surface area contributed by atoms with Crippen LogP contribution in [0.5, 0.6) is 0 Å². The number of imidazole rings is 1. The van der Waals surface area contributed by atoms with Crippen molar-refractivity contribution in [3.8, 4) is 11.4 Å². The summed E-state index contributed by atoms with van der Waals surface area (Å²) in [7, 11) is 0. The molecule has 3 nitrogen and oxygen atoms in total. The van der Waals surface area contributed by atoms with Gasteiger partial charge in [0.1, 0.15) is 12.1 Å². The van der Waals surface area contributed by atoms with Gasteiger partial charge in [-0.1, -0.05) is 71.8 Å². The van der Waals surface area contributed by atoms with E-state index in [1.807, 2.05) is 48.5 Å². The number of halogens is 1. The van der Waals surface area contributed by atoms with Crippen molar-refractivity contribution in [3.63, 3.8) is 0 Å². The number of hydrogen-bond donors (Lipinski definition) is 0. The van der Waals surface area contributed by atoms with Crippen molar-refractivity contribution in [1.82, 2.24) is 9.71 Å². The van der Waals surface area contributed by atoms with E-state index in [0.717, 1.165) is 28.0 Å². The van der Waals surface area contributed by atoms with Gasteiger partial charge in [-0.2, -0.15) is 4.73 Å². The van der Waals surface area contributed by atoms with E-state index in [2.05, 4.69) is 31.2 Å². The highest BCUT2D eigenvalue weighted by molar-refractivity contribution is 6.31. The monoisotopic (exact) mass is 348 g/mol. The van der Waals surface area contributed by atoms with Crippen molar-refractivity contribution in [2.45, 2.75) is 13.5 Å². The molecule has 0 saturated heterocycles. The van der Waals surface area contributed by atoms with Gasteiger partial charge in [0, 0.05) is 16.1 Å². The van der Waals surface area contributed by atoms with Crippen LogP contribution in [-0.4, -0.2) is 9.71 Å². The van der Waals surface area contributed by atoms with Crippen LogP contribution in [-0.2, 0) is 6.61 Å². The lowest BCUT2D eigenvalue weighted by molar-refractivity contribution is 0.110. The van der Waals surface area contributed by atoms with Gasteiger partial charge in [-0.25, -0.2) is 4.98 Å². The molecule has 4 aromatic rings. The molecule has 0 N–H and O–H groups in total.